The number of methoxy groups -OCH3 is 1. The number of hydrogen-bond donors (Lipinski definition) is 1. The minimum Gasteiger partial charge on any atom is -0.468 e. The van der Waals surface area contributed by atoms with Crippen molar-refractivity contribution < 1.29 is 23.8 Å². The van der Waals surface area contributed by atoms with Crippen molar-refractivity contribution in [2.24, 2.45) is 0 Å². The zero-order valence-electron chi connectivity index (χ0n) is 15.0. The summed E-state index contributed by atoms with van der Waals surface area (Å²) in [7, 11) is 4.75. The Kier molecular flexibility index (Phi) is 4.99. The summed E-state index contributed by atoms with van der Waals surface area (Å²) < 4.78 is 12.0. The van der Waals surface area contributed by atoms with E-state index in [2.05, 4.69) is 5.10 Å². The predicted octanol–water partition coefficient (Wildman–Crippen LogP) is 0.652. The van der Waals surface area contributed by atoms with Gasteiger partial charge in [0.05, 0.1) is 38.0 Å². The summed E-state index contributed by atoms with van der Waals surface area (Å²) in [5.74, 6) is 0.0932. The van der Waals surface area contributed by atoms with Gasteiger partial charge in [-0.25, -0.2) is 0 Å². The lowest BCUT2D eigenvalue weighted by molar-refractivity contribution is -0.130. The van der Waals surface area contributed by atoms with Gasteiger partial charge in [-0.2, -0.15) is 5.10 Å². The number of amides is 2. The highest BCUT2D eigenvalue weighted by Crippen LogP contribution is 2.23. The molecule has 2 aromatic rings. The van der Waals surface area contributed by atoms with Gasteiger partial charge in [0.1, 0.15) is 6.10 Å². The number of carbonyl (C=O) groups excluding carboxylic acids is 2. The van der Waals surface area contributed by atoms with Crippen LogP contribution in [0.15, 0.2) is 22.6 Å². The SMILES string of the molecule is COc1ccc(C(=O)N2CCn3nc(C(O)CC(=O)N(C)C)cc3C2)o1. The first-order valence-electron chi connectivity index (χ1n) is 8.27. The van der Waals surface area contributed by atoms with E-state index < -0.39 is 6.10 Å². The number of ether oxygens (including phenoxy) is 1. The third kappa shape index (κ3) is 3.57. The molecule has 0 aliphatic carbocycles. The maximum absolute atomic E-state index is 12.5. The fourth-order valence-electron chi connectivity index (χ4n) is 2.78. The second-order valence-corrected chi connectivity index (χ2v) is 6.34. The van der Waals surface area contributed by atoms with Crippen LogP contribution in [0.3, 0.4) is 0 Å². The number of aromatic nitrogens is 2. The molecule has 9 nitrogen and oxygen atoms in total. The molecule has 1 atom stereocenters. The van der Waals surface area contributed by atoms with E-state index in [9.17, 15) is 14.7 Å². The molecular weight excluding hydrogens is 340 g/mol. The number of aliphatic hydroxyl groups is 1. The molecule has 0 aromatic carbocycles. The molecule has 26 heavy (non-hydrogen) atoms. The van der Waals surface area contributed by atoms with Crippen LogP contribution in [0.2, 0.25) is 0 Å². The van der Waals surface area contributed by atoms with Gasteiger partial charge in [-0.05, 0) is 12.1 Å². The molecule has 3 heterocycles. The fraction of sp³-hybridized carbons (Fsp3) is 0.471. The maximum Gasteiger partial charge on any atom is 0.290 e. The van der Waals surface area contributed by atoms with Gasteiger partial charge in [0.15, 0.2) is 5.76 Å². The molecule has 1 aliphatic rings. The molecule has 140 valence electrons. The first-order valence-corrected chi connectivity index (χ1v) is 8.27. The largest absolute Gasteiger partial charge is 0.468 e. The monoisotopic (exact) mass is 362 g/mol. The number of rotatable bonds is 5. The van der Waals surface area contributed by atoms with Crippen molar-refractivity contribution in [3.63, 3.8) is 0 Å². The van der Waals surface area contributed by atoms with Crippen LogP contribution >= 0.6 is 0 Å². The Morgan fingerprint density at radius 1 is 1.38 bits per heavy atom. The Morgan fingerprint density at radius 3 is 2.81 bits per heavy atom. The highest BCUT2D eigenvalue weighted by molar-refractivity contribution is 5.91. The molecule has 0 saturated heterocycles. The van der Waals surface area contributed by atoms with Crippen molar-refractivity contribution in [1.29, 1.82) is 0 Å². The van der Waals surface area contributed by atoms with Crippen molar-refractivity contribution in [2.45, 2.75) is 25.6 Å². The lowest BCUT2D eigenvalue weighted by atomic mass is 10.1. The summed E-state index contributed by atoms with van der Waals surface area (Å²) in [6.07, 6.45) is -1.00. The Hall–Kier alpha value is -2.81. The molecule has 0 spiro atoms. The zero-order valence-corrected chi connectivity index (χ0v) is 15.0. The van der Waals surface area contributed by atoms with Crippen LogP contribution < -0.4 is 4.74 Å². The van der Waals surface area contributed by atoms with E-state index in [-0.39, 0.29) is 29.9 Å². The first-order chi connectivity index (χ1) is 12.4. The highest BCUT2D eigenvalue weighted by atomic mass is 16.6. The summed E-state index contributed by atoms with van der Waals surface area (Å²) in [6, 6.07) is 4.91. The molecule has 1 N–H and O–H groups in total. The van der Waals surface area contributed by atoms with E-state index in [0.29, 0.717) is 25.3 Å². The predicted molar refractivity (Wildman–Crippen MR) is 90.5 cm³/mol. The third-order valence-electron chi connectivity index (χ3n) is 4.31. The lowest BCUT2D eigenvalue weighted by Crippen LogP contribution is -2.38. The van der Waals surface area contributed by atoms with E-state index in [1.54, 1.807) is 41.9 Å². The highest BCUT2D eigenvalue weighted by Gasteiger charge is 2.27. The molecular formula is C17H22N4O5. The summed E-state index contributed by atoms with van der Waals surface area (Å²) in [6.45, 7) is 1.33. The Labute approximate surface area is 150 Å². The second-order valence-electron chi connectivity index (χ2n) is 6.34. The van der Waals surface area contributed by atoms with Crippen molar-refractivity contribution >= 4 is 11.8 Å². The van der Waals surface area contributed by atoms with Crippen molar-refractivity contribution in [2.75, 3.05) is 27.7 Å². The minimum atomic E-state index is -0.971. The number of nitrogens with zero attached hydrogens (tertiary/aromatic N) is 4. The zero-order chi connectivity index (χ0) is 18.8. The fourth-order valence-corrected chi connectivity index (χ4v) is 2.78. The van der Waals surface area contributed by atoms with E-state index in [1.807, 2.05) is 0 Å². The Morgan fingerprint density at radius 2 is 2.15 bits per heavy atom. The Balaban J connectivity index is 1.70. The molecule has 2 amide bonds. The van der Waals surface area contributed by atoms with Gasteiger partial charge in [-0.1, -0.05) is 0 Å². The second kappa shape index (κ2) is 7.20. The lowest BCUT2D eigenvalue weighted by Gasteiger charge is -2.26. The van der Waals surface area contributed by atoms with Gasteiger partial charge in [0.2, 0.25) is 5.91 Å². The molecule has 0 radical (unpaired) electrons. The van der Waals surface area contributed by atoms with Crippen LogP contribution in [-0.4, -0.2) is 64.3 Å². The van der Waals surface area contributed by atoms with Gasteiger partial charge in [-0.3, -0.25) is 14.3 Å². The Bertz CT molecular complexity index is 810. The molecule has 0 fully saturated rings. The summed E-state index contributed by atoms with van der Waals surface area (Å²) >= 11 is 0. The van der Waals surface area contributed by atoms with Gasteiger partial charge in [-0.15, -0.1) is 0 Å². The smallest absolute Gasteiger partial charge is 0.290 e. The van der Waals surface area contributed by atoms with E-state index in [4.69, 9.17) is 9.15 Å². The van der Waals surface area contributed by atoms with Gasteiger partial charge in [0.25, 0.3) is 11.9 Å². The van der Waals surface area contributed by atoms with Crippen LogP contribution in [0.1, 0.15) is 34.5 Å². The number of fused-ring (bicyclic) bond motifs is 1. The maximum atomic E-state index is 12.5. The van der Waals surface area contributed by atoms with Gasteiger partial charge >= 0.3 is 0 Å². The summed E-state index contributed by atoms with van der Waals surface area (Å²) in [5, 5.41) is 14.6. The van der Waals surface area contributed by atoms with E-state index in [0.717, 1.165) is 5.69 Å². The number of furan rings is 1. The topological polar surface area (TPSA) is 101 Å². The molecule has 1 aliphatic heterocycles. The van der Waals surface area contributed by atoms with Crippen LogP contribution in [0, 0.1) is 0 Å². The molecule has 9 heteroatoms. The van der Waals surface area contributed by atoms with Crippen LogP contribution in [0.4, 0.5) is 0 Å². The standard InChI is InChI=1S/C17H22N4O5/c1-19(2)15(23)9-13(22)12-8-11-10-20(6-7-21(11)18-12)17(24)14-4-5-16(25-3)26-14/h4-5,8,13,22H,6-7,9-10H2,1-3H3. The van der Waals surface area contributed by atoms with Crippen LogP contribution in [-0.2, 0) is 17.9 Å². The number of aliphatic hydroxyl groups excluding tert-OH is 1. The van der Waals surface area contributed by atoms with Crippen molar-refractivity contribution in [1.82, 2.24) is 19.6 Å². The first kappa shape index (κ1) is 18.0. The molecule has 2 aromatic heterocycles. The summed E-state index contributed by atoms with van der Waals surface area (Å²) in [5.41, 5.74) is 1.23. The third-order valence-corrected chi connectivity index (χ3v) is 4.31. The van der Waals surface area contributed by atoms with Crippen molar-refractivity contribution in [3.05, 3.63) is 35.3 Å². The molecule has 0 saturated carbocycles. The number of carbonyl (C=O) groups is 2. The average molecular weight is 362 g/mol. The summed E-state index contributed by atoms with van der Waals surface area (Å²) in [4.78, 5) is 27.4. The van der Waals surface area contributed by atoms with E-state index >= 15 is 0 Å². The van der Waals surface area contributed by atoms with Gasteiger partial charge in [0, 0.05) is 26.7 Å². The van der Waals surface area contributed by atoms with Crippen molar-refractivity contribution in [3.8, 4) is 5.95 Å². The minimum absolute atomic E-state index is 0.0295. The van der Waals surface area contributed by atoms with Gasteiger partial charge < -0.3 is 24.1 Å². The van der Waals surface area contributed by atoms with Crippen LogP contribution in [0.25, 0.3) is 0 Å². The normalized spacial score (nSPS) is 14.7. The van der Waals surface area contributed by atoms with E-state index in [1.165, 1.54) is 12.0 Å². The molecule has 3 rings (SSSR count). The number of hydrogen-bond acceptors (Lipinski definition) is 6. The van der Waals surface area contributed by atoms with Crippen LogP contribution in [0.5, 0.6) is 5.95 Å². The quantitative estimate of drug-likeness (QED) is 0.838. The molecule has 0 bridgehead atoms. The average Bonchev–Trinajstić information content (AvgIpc) is 3.26. The molecule has 1 unspecified atom stereocenters.